The number of hydrogen-bond acceptors (Lipinski definition) is 5. The van der Waals surface area contributed by atoms with Crippen molar-refractivity contribution in [3.63, 3.8) is 0 Å². The Kier molecular flexibility index (Phi) is 5.61. The summed E-state index contributed by atoms with van der Waals surface area (Å²) in [5.74, 6) is 1.34. The van der Waals surface area contributed by atoms with E-state index in [2.05, 4.69) is 62.1 Å². The first-order valence-electron chi connectivity index (χ1n) is 8.59. The van der Waals surface area contributed by atoms with Crippen molar-refractivity contribution in [2.45, 2.75) is 32.6 Å². The molecule has 0 amide bonds. The fourth-order valence-corrected chi connectivity index (χ4v) is 2.70. The van der Waals surface area contributed by atoms with Gasteiger partial charge in [0.2, 0.25) is 5.95 Å². The minimum absolute atomic E-state index is 0.565. The molecule has 24 heavy (non-hydrogen) atoms. The highest BCUT2D eigenvalue weighted by atomic mass is 15.3. The number of unbranched alkanes of at least 4 members (excludes halogenated alkanes) is 2. The highest BCUT2D eigenvalue weighted by Gasteiger charge is 2.04. The van der Waals surface area contributed by atoms with Crippen LogP contribution >= 0.6 is 0 Å². The lowest BCUT2D eigenvalue weighted by Crippen LogP contribution is -2.11. The van der Waals surface area contributed by atoms with E-state index in [4.69, 9.17) is 0 Å². The standard InChI is InChI=1S/C18H24N6/c1-2-3-6-10-19-17-13-22-24-18(23-17)20-11-9-14-12-21-16-8-5-4-7-15(14)16/h4-5,7-8,12-13,21H,2-3,6,9-11H2,1H3,(H2,19,20,23,24). The van der Waals surface area contributed by atoms with Crippen LogP contribution in [0.15, 0.2) is 36.7 Å². The van der Waals surface area contributed by atoms with E-state index in [-0.39, 0.29) is 0 Å². The Morgan fingerprint density at radius 3 is 2.92 bits per heavy atom. The van der Waals surface area contributed by atoms with Gasteiger partial charge in [-0.05, 0) is 24.5 Å². The summed E-state index contributed by atoms with van der Waals surface area (Å²) in [6.07, 6.45) is 8.21. The summed E-state index contributed by atoms with van der Waals surface area (Å²) < 4.78 is 0. The topological polar surface area (TPSA) is 78.5 Å². The smallest absolute Gasteiger partial charge is 0.244 e. The van der Waals surface area contributed by atoms with Crippen LogP contribution in [0.5, 0.6) is 0 Å². The molecular weight excluding hydrogens is 300 g/mol. The molecule has 0 bridgehead atoms. The minimum atomic E-state index is 0.565. The number of para-hydroxylation sites is 1. The lowest BCUT2D eigenvalue weighted by molar-refractivity contribution is 0.741. The predicted octanol–water partition coefficient (Wildman–Crippen LogP) is 3.61. The van der Waals surface area contributed by atoms with Crippen LogP contribution in [0.2, 0.25) is 0 Å². The van der Waals surface area contributed by atoms with Crippen molar-refractivity contribution in [3.8, 4) is 0 Å². The molecule has 0 radical (unpaired) electrons. The third kappa shape index (κ3) is 4.22. The first-order valence-corrected chi connectivity index (χ1v) is 8.59. The lowest BCUT2D eigenvalue weighted by atomic mass is 10.1. The van der Waals surface area contributed by atoms with E-state index in [1.165, 1.54) is 29.3 Å². The number of hydrogen-bond donors (Lipinski definition) is 3. The van der Waals surface area contributed by atoms with E-state index in [0.29, 0.717) is 5.95 Å². The largest absolute Gasteiger partial charge is 0.369 e. The molecule has 3 N–H and O–H groups in total. The molecular formula is C18H24N6. The number of anilines is 2. The molecule has 6 heteroatoms. The Labute approximate surface area is 142 Å². The van der Waals surface area contributed by atoms with Crippen LogP contribution in [0.3, 0.4) is 0 Å². The fraction of sp³-hybridized carbons (Fsp3) is 0.389. The SMILES string of the molecule is CCCCCNc1cnnc(NCCc2c[nH]c3ccccc23)n1. The Balaban J connectivity index is 1.51. The number of aromatic nitrogens is 4. The maximum atomic E-state index is 4.45. The van der Waals surface area contributed by atoms with Crippen LogP contribution in [-0.2, 0) is 6.42 Å². The van der Waals surface area contributed by atoms with E-state index in [1.54, 1.807) is 6.20 Å². The molecule has 0 aliphatic rings. The average molecular weight is 324 g/mol. The minimum Gasteiger partial charge on any atom is -0.369 e. The first-order chi connectivity index (χ1) is 11.9. The molecule has 3 aromatic rings. The molecule has 0 spiro atoms. The first kappa shape index (κ1) is 16.2. The number of rotatable bonds is 9. The number of benzene rings is 1. The summed E-state index contributed by atoms with van der Waals surface area (Å²) in [5.41, 5.74) is 2.46. The quantitative estimate of drug-likeness (QED) is 0.524. The Hall–Kier alpha value is -2.63. The highest BCUT2D eigenvalue weighted by molar-refractivity contribution is 5.83. The molecule has 0 unspecified atom stereocenters. The number of aromatic amines is 1. The molecule has 0 fully saturated rings. The average Bonchev–Trinajstić information content (AvgIpc) is 3.03. The van der Waals surface area contributed by atoms with Gasteiger partial charge in [0.15, 0.2) is 0 Å². The fourth-order valence-electron chi connectivity index (χ4n) is 2.70. The molecule has 126 valence electrons. The zero-order chi connectivity index (χ0) is 16.6. The van der Waals surface area contributed by atoms with Gasteiger partial charge >= 0.3 is 0 Å². The van der Waals surface area contributed by atoms with Gasteiger partial charge in [-0.2, -0.15) is 10.1 Å². The molecule has 0 aliphatic heterocycles. The van der Waals surface area contributed by atoms with Crippen molar-refractivity contribution in [1.29, 1.82) is 0 Å². The van der Waals surface area contributed by atoms with E-state index >= 15 is 0 Å². The number of fused-ring (bicyclic) bond motifs is 1. The van der Waals surface area contributed by atoms with Crippen LogP contribution in [0.1, 0.15) is 31.7 Å². The van der Waals surface area contributed by atoms with Crippen LogP contribution in [0.25, 0.3) is 10.9 Å². The second-order valence-corrected chi connectivity index (χ2v) is 5.84. The Morgan fingerprint density at radius 2 is 2.00 bits per heavy atom. The predicted molar refractivity (Wildman–Crippen MR) is 98.3 cm³/mol. The molecule has 3 rings (SSSR count). The van der Waals surface area contributed by atoms with Gasteiger partial charge in [0.25, 0.3) is 0 Å². The summed E-state index contributed by atoms with van der Waals surface area (Å²) in [6.45, 7) is 3.88. The molecule has 2 aromatic heterocycles. The van der Waals surface area contributed by atoms with Crippen molar-refractivity contribution >= 4 is 22.7 Å². The Bertz CT molecular complexity index is 767. The van der Waals surface area contributed by atoms with E-state index < -0.39 is 0 Å². The molecule has 0 saturated heterocycles. The van der Waals surface area contributed by atoms with Crippen LogP contribution in [0.4, 0.5) is 11.8 Å². The zero-order valence-corrected chi connectivity index (χ0v) is 14.0. The van der Waals surface area contributed by atoms with Crippen LogP contribution in [0, 0.1) is 0 Å². The van der Waals surface area contributed by atoms with Gasteiger partial charge in [-0.1, -0.05) is 38.0 Å². The van der Waals surface area contributed by atoms with Crippen molar-refractivity contribution in [2.75, 3.05) is 23.7 Å². The molecule has 1 aromatic carbocycles. The van der Waals surface area contributed by atoms with E-state index in [1.807, 2.05) is 6.07 Å². The molecule has 0 atom stereocenters. The number of nitrogens with one attached hydrogen (secondary N) is 3. The molecule has 0 aliphatic carbocycles. The summed E-state index contributed by atoms with van der Waals surface area (Å²) in [5, 5.41) is 15.9. The summed E-state index contributed by atoms with van der Waals surface area (Å²) in [4.78, 5) is 7.75. The molecule has 2 heterocycles. The van der Waals surface area contributed by atoms with Gasteiger partial charge in [0.05, 0.1) is 6.20 Å². The van der Waals surface area contributed by atoms with Crippen molar-refractivity contribution in [1.82, 2.24) is 20.2 Å². The van der Waals surface area contributed by atoms with E-state index in [0.717, 1.165) is 31.7 Å². The Morgan fingerprint density at radius 1 is 1.08 bits per heavy atom. The maximum Gasteiger partial charge on any atom is 0.244 e. The molecule has 0 saturated carbocycles. The number of nitrogens with zero attached hydrogens (tertiary/aromatic N) is 3. The normalized spacial score (nSPS) is 10.9. The lowest BCUT2D eigenvalue weighted by Gasteiger charge is -2.07. The van der Waals surface area contributed by atoms with Gasteiger partial charge < -0.3 is 15.6 Å². The van der Waals surface area contributed by atoms with Crippen LogP contribution in [-0.4, -0.2) is 33.3 Å². The monoisotopic (exact) mass is 324 g/mol. The maximum absolute atomic E-state index is 4.45. The van der Waals surface area contributed by atoms with Gasteiger partial charge in [0.1, 0.15) is 5.82 Å². The van der Waals surface area contributed by atoms with Gasteiger partial charge in [0, 0.05) is 30.2 Å². The van der Waals surface area contributed by atoms with Crippen molar-refractivity contribution in [3.05, 3.63) is 42.2 Å². The third-order valence-corrected chi connectivity index (χ3v) is 4.00. The zero-order valence-electron chi connectivity index (χ0n) is 14.0. The van der Waals surface area contributed by atoms with Crippen molar-refractivity contribution < 1.29 is 0 Å². The second-order valence-electron chi connectivity index (χ2n) is 5.84. The van der Waals surface area contributed by atoms with E-state index in [9.17, 15) is 0 Å². The summed E-state index contributed by atoms with van der Waals surface area (Å²) >= 11 is 0. The van der Waals surface area contributed by atoms with Crippen molar-refractivity contribution in [2.24, 2.45) is 0 Å². The van der Waals surface area contributed by atoms with Gasteiger partial charge in [-0.15, -0.1) is 5.10 Å². The molecule has 6 nitrogen and oxygen atoms in total. The summed E-state index contributed by atoms with van der Waals surface area (Å²) in [7, 11) is 0. The number of H-pyrrole nitrogens is 1. The van der Waals surface area contributed by atoms with Crippen LogP contribution < -0.4 is 10.6 Å². The second kappa shape index (κ2) is 8.29. The highest BCUT2D eigenvalue weighted by Crippen LogP contribution is 2.18. The van der Waals surface area contributed by atoms with Gasteiger partial charge in [-0.25, -0.2) is 0 Å². The third-order valence-electron chi connectivity index (χ3n) is 4.00. The van der Waals surface area contributed by atoms with Gasteiger partial charge in [-0.3, -0.25) is 0 Å². The summed E-state index contributed by atoms with van der Waals surface area (Å²) in [6, 6.07) is 8.33.